The number of carbonyl (C=O) groups excluding carboxylic acids is 1. The van der Waals surface area contributed by atoms with Gasteiger partial charge in [-0.3, -0.25) is 9.69 Å². The van der Waals surface area contributed by atoms with Gasteiger partial charge in [-0.25, -0.2) is 8.42 Å². The summed E-state index contributed by atoms with van der Waals surface area (Å²) in [5.41, 5.74) is 3.37. The largest absolute Gasteiger partial charge is 0.348 e. The second-order valence-corrected chi connectivity index (χ2v) is 10.4. The summed E-state index contributed by atoms with van der Waals surface area (Å²) >= 11 is 0. The Labute approximate surface area is 185 Å². The highest BCUT2D eigenvalue weighted by atomic mass is 32.2. The molecule has 0 bridgehead atoms. The Morgan fingerprint density at radius 1 is 0.935 bits per heavy atom. The molecule has 0 unspecified atom stereocenters. The summed E-state index contributed by atoms with van der Waals surface area (Å²) in [6.07, 6.45) is 4.26. The van der Waals surface area contributed by atoms with Crippen molar-refractivity contribution in [1.82, 2.24) is 14.5 Å². The summed E-state index contributed by atoms with van der Waals surface area (Å²) in [5.74, 6) is -0.256. The van der Waals surface area contributed by atoms with Crippen LogP contribution in [0.4, 0.5) is 0 Å². The standard InChI is InChI=1S/C24H31N3O3S/c1-19-10-11-20(16-23(19)31(29,30)27-14-6-7-15-27)24(28)25-17-21-8-2-3-9-22(21)18-26-12-4-5-13-26/h2-3,8-11,16H,4-7,12-15,17-18H2,1H3,(H,25,28). The molecule has 0 saturated carbocycles. The molecule has 4 rings (SSSR count). The van der Waals surface area contributed by atoms with Gasteiger partial charge in [-0.2, -0.15) is 4.31 Å². The lowest BCUT2D eigenvalue weighted by atomic mass is 10.1. The fourth-order valence-corrected chi connectivity index (χ4v) is 6.20. The van der Waals surface area contributed by atoms with Gasteiger partial charge in [0.05, 0.1) is 4.90 Å². The molecule has 0 radical (unpaired) electrons. The summed E-state index contributed by atoms with van der Waals surface area (Å²) in [5, 5.41) is 2.98. The Morgan fingerprint density at radius 2 is 1.58 bits per heavy atom. The van der Waals surface area contributed by atoms with Crippen molar-refractivity contribution in [3.8, 4) is 0 Å². The molecule has 2 aromatic carbocycles. The van der Waals surface area contributed by atoms with Gasteiger partial charge in [0.1, 0.15) is 0 Å². The highest BCUT2D eigenvalue weighted by Crippen LogP contribution is 2.25. The molecule has 1 N–H and O–H groups in total. The third-order valence-electron chi connectivity index (χ3n) is 6.28. The zero-order valence-corrected chi connectivity index (χ0v) is 19.0. The van der Waals surface area contributed by atoms with E-state index in [1.165, 1.54) is 28.8 Å². The van der Waals surface area contributed by atoms with E-state index < -0.39 is 10.0 Å². The summed E-state index contributed by atoms with van der Waals surface area (Å²) in [4.78, 5) is 15.5. The third-order valence-corrected chi connectivity index (χ3v) is 8.32. The maximum atomic E-state index is 13.0. The first-order valence-corrected chi connectivity index (χ1v) is 12.6. The third kappa shape index (κ3) is 5.00. The molecule has 2 aromatic rings. The topological polar surface area (TPSA) is 69.7 Å². The van der Waals surface area contributed by atoms with E-state index in [0.29, 0.717) is 30.8 Å². The molecule has 0 spiro atoms. The minimum absolute atomic E-state index is 0.233. The number of amides is 1. The predicted molar refractivity (Wildman–Crippen MR) is 121 cm³/mol. The van der Waals surface area contributed by atoms with E-state index in [-0.39, 0.29) is 10.8 Å². The van der Waals surface area contributed by atoms with Crippen molar-refractivity contribution in [1.29, 1.82) is 0 Å². The van der Waals surface area contributed by atoms with E-state index in [1.54, 1.807) is 19.1 Å². The second kappa shape index (κ2) is 9.51. The molecule has 1 amide bonds. The van der Waals surface area contributed by atoms with Crippen LogP contribution in [0.25, 0.3) is 0 Å². The second-order valence-electron chi connectivity index (χ2n) is 8.53. The molecule has 2 saturated heterocycles. The lowest BCUT2D eigenvalue weighted by Crippen LogP contribution is -2.29. The van der Waals surface area contributed by atoms with Gasteiger partial charge in [0.15, 0.2) is 0 Å². The molecule has 2 fully saturated rings. The van der Waals surface area contributed by atoms with E-state index in [1.807, 2.05) is 18.2 Å². The van der Waals surface area contributed by atoms with Crippen molar-refractivity contribution in [3.63, 3.8) is 0 Å². The van der Waals surface area contributed by atoms with Crippen LogP contribution in [0.5, 0.6) is 0 Å². The highest BCUT2D eigenvalue weighted by Gasteiger charge is 2.29. The lowest BCUT2D eigenvalue weighted by molar-refractivity contribution is 0.0950. The van der Waals surface area contributed by atoms with Gasteiger partial charge < -0.3 is 5.32 Å². The maximum absolute atomic E-state index is 13.0. The Morgan fingerprint density at radius 3 is 2.29 bits per heavy atom. The van der Waals surface area contributed by atoms with E-state index in [9.17, 15) is 13.2 Å². The van der Waals surface area contributed by atoms with Crippen molar-refractivity contribution in [2.24, 2.45) is 0 Å². The number of likely N-dealkylation sites (tertiary alicyclic amines) is 1. The van der Waals surface area contributed by atoms with E-state index in [4.69, 9.17) is 0 Å². The van der Waals surface area contributed by atoms with Crippen LogP contribution in [-0.2, 0) is 23.1 Å². The van der Waals surface area contributed by atoms with Crippen LogP contribution in [0, 0.1) is 6.92 Å². The summed E-state index contributed by atoms with van der Waals surface area (Å²) in [6, 6.07) is 13.1. The number of hydrogen-bond acceptors (Lipinski definition) is 4. The molecule has 2 aliphatic rings. The number of aryl methyl sites for hydroxylation is 1. The van der Waals surface area contributed by atoms with E-state index in [2.05, 4.69) is 16.3 Å². The summed E-state index contributed by atoms with van der Waals surface area (Å²) in [7, 11) is -3.56. The number of hydrogen-bond donors (Lipinski definition) is 1. The van der Waals surface area contributed by atoms with Crippen LogP contribution < -0.4 is 5.32 Å². The van der Waals surface area contributed by atoms with E-state index in [0.717, 1.165) is 38.0 Å². The minimum atomic E-state index is -3.56. The van der Waals surface area contributed by atoms with Crippen LogP contribution in [0.3, 0.4) is 0 Å². The lowest BCUT2D eigenvalue weighted by Gasteiger charge is -2.19. The number of sulfonamides is 1. The average Bonchev–Trinajstić information content (AvgIpc) is 3.48. The van der Waals surface area contributed by atoms with Crippen LogP contribution in [0.1, 0.15) is 52.7 Å². The van der Waals surface area contributed by atoms with Crippen LogP contribution >= 0.6 is 0 Å². The molecule has 7 heteroatoms. The Bertz CT molecular complexity index is 1040. The van der Waals surface area contributed by atoms with Crippen molar-refractivity contribution < 1.29 is 13.2 Å². The molecule has 6 nitrogen and oxygen atoms in total. The monoisotopic (exact) mass is 441 g/mol. The van der Waals surface area contributed by atoms with Gasteiger partial charge in [0.25, 0.3) is 5.91 Å². The minimum Gasteiger partial charge on any atom is -0.348 e. The predicted octanol–water partition coefficient (Wildman–Crippen LogP) is 3.31. The number of benzene rings is 2. The van der Waals surface area contributed by atoms with Crippen LogP contribution in [0.2, 0.25) is 0 Å². The van der Waals surface area contributed by atoms with Crippen LogP contribution in [-0.4, -0.2) is 49.7 Å². The Hall–Kier alpha value is -2.22. The Kier molecular flexibility index (Phi) is 6.74. The zero-order valence-electron chi connectivity index (χ0n) is 18.1. The van der Waals surface area contributed by atoms with Crippen molar-refractivity contribution in [3.05, 3.63) is 64.7 Å². The molecule has 31 heavy (non-hydrogen) atoms. The number of rotatable bonds is 7. The van der Waals surface area contributed by atoms with Crippen molar-refractivity contribution in [2.45, 2.75) is 50.6 Å². The van der Waals surface area contributed by atoms with E-state index >= 15 is 0 Å². The molecule has 0 aromatic heterocycles. The van der Waals surface area contributed by atoms with Gasteiger partial charge >= 0.3 is 0 Å². The van der Waals surface area contributed by atoms with Gasteiger partial charge in [-0.05, 0) is 74.5 Å². The first kappa shape index (κ1) is 22.0. The SMILES string of the molecule is Cc1ccc(C(=O)NCc2ccccc2CN2CCCC2)cc1S(=O)(=O)N1CCCC1. The normalized spacial score (nSPS) is 17.8. The summed E-state index contributed by atoms with van der Waals surface area (Å²) in [6.45, 7) is 6.44. The fraction of sp³-hybridized carbons (Fsp3) is 0.458. The smallest absolute Gasteiger partial charge is 0.251 e. The maximum Gasteiger partial charge on any atom is 0.251 e. The molecule has 0 atom stereocenters. The van der Waals surface area contributed by atoms with Crippen LogP contribution in [0.15, 0.2) is 47.4 Å². The molecular weight excluding hydrogens is 410 g/mol. The van der Waals surface area contributed by atoms with Crippen molar-refractivity contribution >= 4 is 15.9 Å². The number of carbonyl (C=O) groups is 1. The van der Waals surface area contributed by atoms with Gasteiger partial charge in [-0.15, -0.1) is 0 Å². The average molecular weight is 442 g/mol. The summed E-state index contributed by atoms with van der Waals surface area (Å²) < 4.78 is 27.5. The van der Waals surface area contributed by atoms with Gasteiger partial charge in [0.2, 0.25) is 10.0 Å². The quantitative estimate of drug-likeness (QED) is 0.716. The van der Waals surface area contributed by atoms with Gasteiger partial charge in [-0.1, -0.05) is 30.3 Å². The van der Waals surface area contributed by atoms with Crippen molar-refractivity contribution in [2.75, 3.05) is 26.2 Å². The molecule has 2 aliphatic heterocycles. The first-order chi connectivity index (χ1) is 14.9. The highest BCUT2D eigenvalue weighted by molar-refractivity contribution is 7.89. The fourth-order valence-electron chi connectivity index (χ4n) is 4.43. The molecule has 166 valence electrons. The zero-order chi connectivity index (χ0) is 21.8. The number of nitrogens with one attached hydrogen (secondary N) is 1. The molecule has 2 heterocycles. The van der Waals surface area contributed by atoms with Gasteiger partial charge in [0, 0.05) is 31.7 Å². The Balaban J connectivity index is 1.47. The first-order valence-electron chi connectivity index (χ1n) is 11.1. The molecular formula is C24H31N3O3S. The molecule has 0 aliphatic carbocycles. The number of nitrogens with zero attached hydrogens (tertiary/aromatic N) is 2.